The molecule has 0 saturated carbocycles. The van der Waals surface area contributed by atoms with Gasteiger partial charge >= 0.3 is 0 Å². The molecule has 0 aromatic heterocycles. The zero-order chi connectivity index (χ0) is 22.4. The van der Waals surface area contributed by atoms with E-state index in [2.05, 4.69) is 20.8 Å². The number of hydrogen-bond donors (Lipinski definition) is 2. The smallest absolute Gasteiger partial charge is 0.240 e. The molecule has 1 fully saturated rings. The predicted octanol–water partition coefficient (Wildman–Crippen LogP) is 3.62. The number of methoxy groups -OCH3 is 2. The highest BCUT2D eigenvalue weighted by atomic mass is 35.5. The summed E-state index contributed by atoms with van der Waals surface area (Å²) in [5, 5.41) is 13.7. The number of benzene rings is 2. The second kappa shape index (κ2) is 10.3. The van der Waals surface area contributed by atoms with Crippen LogP contribution in [0.1, 0.15) is 17.5 Å². The van der Waals surface area contributed by atoms with E-state index in [0.717, 1.165) is 28.6 Å². The Morgan fingerprint density at radius 1 is 1.26 bits per heavy atom. The molecule has 1 aliphatic heterocycles. The molecule has 0 spiro atoms. The Hall–Kier alpha value is -3.04. The van der Waals surface area contributed by atoms with Gasteiger partial charge in [-0.15, -0.1) is 5.10 Å². The maximum Gasteiger partial charge on any atom is 0.240 e. The van der Waals surface area contributed by atoms with E-state index in [0.29, 0.717) is 21.6 Å². The van der Waals surface area contributed by atoms with Crippen molar-refractivity contribution >= 4 is 52.2 Å². The monoisotopic (exact) mass is 460 g/mol. The van der Waals surface area contributed by atoms with E-state index in [4.69, 9.17) is 21.1 Å². The minimum atomic E-state index is -0.602. The van der Waals surface area contributed by atoms with Crippen molar-refractivity contribution in [3.05, 3.63) is 52.5 Å². The maximum atomic E-state index is 12.5. The summed E-state index contributed by atoms with van der Waals surface area (Å²) in [6.07, 6.45) is 1.54. The van der Waals surface area contributed by atoms with Crippen LogP contribution in [0.4, 0.5) is 5.69 Å². The molecule has 31 heavy (non-hydrogen) atoms. The molecule has 2 N–H and O–H groups in total. The lowest BCUT2D eigenvalue weighted by molar-refractivity contribution is -0.122. The molecule has 0 bridgehead atoms. The largest absolute Gasteiger partial charge is 0.497 e. The Bertz CT molecular complexity index is 1040. The molecule has 0 radical (unpaired) electrons. The lowest BCUT2D eigenvalue weighted by Crippen LogP contribution is -2.28. The molecular formula is C21H21ClN4O4S. The number of nitrogens with one attached hydrogen (secondary N) is 2. The molecule has 162 valence electrons. The van der Waals surface area contributed by atoms with Crippen LogP contribution in [0.5, 0.6) is 11.5 Å². The Balaban J connectivity index is 1.58. The first-order chi connectivity index (χ1) is 14.9. The first kappa shape index (κ1) is 22.6. The van der Waals surface area contributed by atoms with Crippen LogP contribution in [0.3, 0.4) is 0 Å². The van der Waals surface area contributed by atoms with Gasteiger partial charge in [-0.05, 0) is 48.4 Å². The quantitative estimate of drug-likeness (QED) is 0.485. The highest BCUT2D eigenvalue weighted by Crippen LogP contribution is 2.31. The zero-order valence-corrected chi connectivity index (χ0v) is 18.7. The summed E-state index contributed by atoms with van der Waals surface area (Å²) in [6, 6.07) is 10.7. The van der Waals surface area contributed by atoms with Crippen LogP contribution in [0.2, 0.25) is 5.02 Å². The SMILES string of the molecule is COc1ccc(/C=N/N=C2\NC(=O)C(CC(=O)Nc3cc(C)c(Cl)cc3OC)S2)cc1. The lowest BCUT2D eigenvalue weighted by atomic mass is 10.2. The van der Waals surface area contributed by atoms with Crippen LogP contribution in [-0.2, 0) is 9.59 Å². The molecule has 2 aromatic carbocycles. The summed E-state index contributed by atoms with van der Waals surface area (Å²) in [5.74, 6) is 0.575. The fraction of sp³-hybridized carbons (Fsp3) is 0.238. The summed E-state index contributed by atoms with van der Waals surface area (Å²) in [7, 11) is 3.09. The van der Waals surface area contributed by atoms with Gasteiger partial charge in [0.05, 0.1) is 26.1 Å². The summed E-state index contributed by atoms with van der Waals surface area (Å²) < 4.78 is 10.4. The van der Waals surface area contributed by atoms with Gasteiger partial charge in [0.15, 0.2) is 5.17 Å². The van der Waals surface area contributed by atoms with Gasteiger partial charge in [-0.2, -0.15) is 5.10 Å². The summed E-state index contributed by atoms with van der Waals surface area (Å²) in [5.41, 5.74) is 2.13. The number of amides is 2. The Morgan fingerprint density at radius 2 is 2.00 bits per heavy atom. The number of thioether (sulfide) groups is 1. The van der Waals surface area contributed by atoms with Crippen molar-refractivity contribution in [3.63, 3.8) is 0 Å². The molecule has 1 heterocycles. The van der Waals surface area contributed by atoms with Crippen LogP contribution < -0.4 is 20.1 Å². The number of anilines is 1. The van der Waals surface area contributed by atoms with Gasteiger partial charge in [-0.1, -0.05) is 23.4 Å². The average molecular weight is 461 g/mol. The predicted molar refractivity (Wildman–Crippen MR) is 124 cm³/mol. The topological polar surface area (TPSA) is 101 Å². The van der Waals surface area contributed by atoms with E-state index < -0.39 is 5.25 Å². The molecule has 8 nitrogen and oxygen atoms in total. The number of nitrogens with zero attached hydrogens (tertiary/aromatic N) is 2. The second-order valence-electron chi connectivity index (χ2n) is 6.57. The fourth-order valence-electron chi connectivity index (χ4n) is 2.72. The summed E-state index contributed by atoms with van der Waals surface area (Å²) >= 11 is 7.25. The molecular weight excluding hydrogens is 440 g/mol. The normalized spacial score (nSPS) is 17.1. The number of ether oxygens (including phenoxy) is 2. The van der Waals surface area contributed by atoms with Crippen LogP contribution in [-0.4, -0.2) is 42.7 Å². The number of halogens is 1. The molecule has 1 aliphatic rings. The van der Waals surface area contributed by atoms with E-state index in [1.165, 1.54) is 7.11 Å². The molecule has 2 amide bonds. The van der Waals surface area contributed by atoms with Crippen LogP contribution in [0, 0.1) is 6.92 Å². The van der Waals surface area contributed by atoms with Gasteiger partial charge < -0.3 is 20.1 Å². The van der Waals surface area contributed by atoms with Gasteiger partial charge in [0, 0.05) is 17.5 Å². The minimum absolute atomic E-state index is 0.0253. The van der Waals surface area contributed by atoms with Crippen LogP contribution in [0.25, 0.3) is 0 Å². The van der Waals surface area contributed by atoms with Gasteiger partial charge in [0.1, 0.15) is 16.7 Å². The molecule has 1 unspecified atom stereocenters. The molecule has 2 aromatic rings. The Kier molecular flexibility index (Phi) is 7.54. The summed E-state index contributed by atoms with van der Waals surface area (Å²) in [6.45, 7) is 1.83. The third-order valence-electron chi connectivity index (χ3n) is 4.37. The van der Waals surface area contributed by atoms with E-state index in [1.54, 1.807) is 25.5 Å². The van der Waals surface area contributed by atoms with Crippen LogP contribution >= 0.6 is 23.4 Å². The van der Waals surface area contributed by atoms with Crippen molar-refractivity contribution in [2.24, 2.45) is 10.2 Å². The molecule has 1 saturated heterocycles. The van der Waals surface area contributed by atoms with Gasteiger partial charge in [0.25, 0.3) is 0 Å². The van der Waals surface area contributed by atoms with Crippen LogP contribution in [0.15, 0.2) is 46.6 Å². The van der Waals surface area contributed by atoms with Gasteiger partial charge in [-0.3, -0.25) is 9.59 Å². The summed E-state index contributed by atoms with van der Waals surface area (Å²) in [4.78, 5) is 24.7. The van der Waals surface area contributed by atoms with Gasteiger partial charge in [0.2, 0.25) is 11.8 Å². The second-order valence-corrected chi connectivity index (χ2v) is 8.17. The lowest BCUT2D eigenvalue weighted by Gasteiger charge is -2.13. The third-order valence-corrected chi connectivity index (χ3v) is 5.85. The zero-order valence-electron chi connectivity index (χ0n) is 17.1. The average Bonchev–Trinajstić information content (AvgIpc) is 3.09. The molecule has 1 atom stereocenters. The highest BCUT2D eigenvalue weighted by molar-refractivity contribution is 8.15. The number of carbonyl (C=O) groups excluding carboxylic acids is 2. The number of rotatable bonds is 7. The van der Waals surface area contributed by atoms with Crippen molar-refractivity contribution in [2.45, 2.75) is 18.6 Å². The third kappa shape index (κ3) is 5.99. The van der Waals surface area contributed by atoms with Crippen molar-refractivity contribution < 1.29 is 19.1 Å². The number of carbonyl (C=O) groups is 2. The molecule has 3 rings (SSSR count). The van der Waals surface area contributed by atoms with Gasteiger partial charge in [-0.25, -0.2) is 0 Å². The first-order valence-corrected chi connectivity index (χ1v) is 10.5. The van der Waals surface area contributed by atoms with E-state index in [-0.39, 0.29) is 18.2 Å². The number of amidine groups is 1. The van der Waals surface area contributed by atoms with E-state index in [9.17, 15) is 9.59 Å². The standard InChI is InChI=1S/C21H21ClN4O4S/c1-12-8-16(17(30-3)9-15(12)22)24-19(27)10-18-20(28)25-21(31-18)26-23-11-13-4-6-14(29-2)7-5-13/h4-9,11,18H,10H2,1-3H3,(H,24,27)(H,25,26,28)/b23-11+. The van der Waals surface area contributed by atoms with E-state index >= 15 is 0 Å². The van der Waals surface area contributed by atoms with Crippen molar-refractivity contribution in [1.29, 1.82) is 0 Å². The molecule has 0 aliphatic carbocycles. The van der Waals surface area contributed by atoms with Crippen molar-refractivity contribution in [2.75, 3.05) is 19.5 Å². The minimum Gasteiger partial charge on any atom is -0.497 e. The Morgan fingerprint density at radius 3 is 2.68 bits per heavy atom. The highest BCUT2D eigenvalue weighted by Gasteiger charge is 2.32. The van der Waals surface area contributed by atoms with Crippen molar-refractivity contribution in [1.82, 2.24) is 5.32 Å². The maximum absolute atomic E-state index is 12.5. The fourth-order valence-corrected chi connectivity index (χ4v) is 3.80. The number of hydrogen-bond acceptors (Lipinski definition) is 7. The first-order valence-electron chi connectivity index (χ1n) is 9.26. The number of aryl methyl sites for hydroxylation is 1. The molecule has 10 heteroatoms. The van der Waals surface area contributed by atoms with E-state index in [1.807, 2.05) is 31.2 Å². The Labute approximate surface area is 189 Å². The van der Waals surface area contributed by atoms with Crippen molar-refractivity contribution in [3.8, 4) is 11.5 Å².